The average Bonchev–Trinajstić information content (AvgIpc) is 2.40. The van der Waals surface area contributed by atoms with Gasteiger partial charge >= 0.3 is 6.18 Å². The van der Waals surface area contributed by atoms with Crippen LogP contribution in [0.5, 0.6) is 0 Å². The van der Waals surface area contributed by atoms with Crippen LogP contribution in [0, 0.1) is 0 Å². The fourth-order valence-corrected chi connectivity index (χ4v) is 2.79. The van der Waals surface area contributed by atoms with E-state index in [4.69, 9.17) is 5.73 Å². The van der Waals surface area contributed by atoms with Gasteiger partial charge in [0.2, 0.25) is 0 Å². The van der Waals surface area contributed by atoms with Crippen LogP contribution >= 0.6 is 11.8 Å². The standard InChI is InChI=1S/C15H15F3N2S/c1-10(19)8-11-2-3-13(9-14(11)15(16,17)18)21-12-4-6-20-7-5-12/h2-7,9-10H,8,19H2,1H3. The van der Waals surface area contributed by atoms with Crippen molar-refractivity contribution in [2.45, 2.75) is 35.4 Å². The topological polar surface area (TPSA) is 38.9 Å². The van der Waals surface area contributed by atoms with Gasteiger partial charge in [-0.1, -0.05) is 17.8 Å². The lowest BCUT2D eigenvalue weighted by Gasteiger charge is -2.15. The minimum atomic E-state index is -4.38. The highest BCUT2D eigenvalue weighted by atomic mass is 32.2. The second-order valence-corrected chi connectivity index (χ2v) is 5.93. The van der Waals surface area contributed by atoms with E-state index in [9.17, 15) is 13.2 Å². The van der Waals surface area contributed by atoms with Gasteiger partial charge in [-0.15, -0.1) is 0 Å². The van der Waals surface area contributed by atoms with E-state index in [2.05, 4.69) is 4.98 Å². The Kier molecular flexibility index (Phi) is 4.90. The van der Waals surface area contributed by atoms with Crippen molar-refractivity contribution in [1.29, 1.82) is 0 Å². The molecular formula is C15H15F3N2S. The summed E-state index contributed by atoms with van der Waals surface area (Å²) in [6.07, 6.45) is -0.955. The zero-order valence-electron chi connectivity index (χ0n) is 11.4. The zero-order valence-corrected chi connectivity index (χ0v) is 12.2. The smallest absolute Gasteiger partial charge is 0.328 e. The summed E-state index contributed by atoms with van der Waals surface area (Å²) in [6.45, 7) is 1.69. The molecule has 6 heteroatoms. The Morgan fingerprint density at radius 3 is 2.38 bits per heavy atom. The fraction of sp³-hybridized carbons (Fsp3) is 0.267. The number of nitrogens with zero attached hydrogens (tertiary/aromatic N) is 1. The first-order valence-electron chi connectivity index (χ1n) is 6.40. The summed E-state index contributed by atoms with van der Waals surface area (Å²) in [7, 11) is 0. The molecule has 0 bridgehead atoms. The van der Waals surface area contributed by atoms with Crippen LogP contribution in [0.4, 0.5) is 13.2 Å². The van der Waals surface area contributed by atoms with Crippen LogP contribution in [0.2, 0.25) is 0 Å². The van der Waals surface area contributed by atoms with Crippen molar-refractivity contribution in [3.63, 3.8) is 0 Å². The number of halogens is 3. The predicted molar refractivity (Wildman–Crippen MR) is 77.2 cm³/mol. The molecule has 112 valence electrons. The summed E-state index contributed by atoms with van der Waals surface area (Å²) in [4.78, 5) is 5.27. The van der Waals surface area contributed by atoms with Gasteiger partial charge in [-0.25, -0.2) is 0 Å². The van der Waals surface area contributed by atoms with Crippen molar-refractivity contribution in [1.82, 2.24) is 4.98 Å². The van der Waals surface area contributed by atoms with Crippen LogP contribution in [0.25, 0.3) is 0 Å². The number of pyridine rings is 1. The molecule has 0 saturated heterocycles. The molecular weight excluding hydrogens is 297 g/mol. The van der Waals surface area contributed by atoms with E-state index in [-0.39, 0.29) is 18.0 Å². The first kappa shape index (κ1) is 15.9. The predicted octanol–water partition coefficient (Wildman–Crippen LogP) is 4.14. The lowest BCUT2D eigenvalue weighted by molar-refractivity contribution is -0.138. The van der Waals surface area contributed by atoms with E-state index in [1.165, 1.54) is 23.9 Å². The second kappa shape index (κ2) is 6.49. The molecule has 2 nitrogen and oxygen atoms in total. The summed E-state index contributed by atoms with van der Waals surface area (Å²) in [5, 5.41) is 0. The van der Waals surface area contributed by atoms with Gasteiger partial charge in [0, 0.05) is 28.2 Å². The molecule has 1 unspecified atom stereocenters. The average molecular weight is 312 g/mol. The van der Waals surface area contributed by atoms with E-state index in [0.717, 1.165) is 4.90 Å². The number of alkyl halides is 3. The number of nitrogens with two attached hydrogens (primary N) is 1. The van der Waals surface area contributed by atoms with Gasteiger partial charge in [0.15, 0.2) is 0 Å². The summed E-state index contributed by atoms with van der Waals surface area (Å²) < 4.78 is 39.5. The third kappa shape index (κ3) is 4.47. The van der Waals surface area contributed by atoms with E-state index < -0.39 is 11.7 Å². The van der Waals surface area contributed by atoms with Crippen molar-refractivity contribution < 1.29 is 13.2 Å². The van der Waals surface area contributed by atoms with E-state index in [1.54, 1.807) is 37.5 Å². The summed E-state index contributed by atoms with van der Waals surface area (Å²) in [5.74, 6) is 0. The monoisotopic (exact) mass is 312 g/mol. The zero-order chi connectivity index (χ0) is 15.5. The van der Waals surface area contributed by atoms with Crippen LogP contribution in [0.1, 0.15) is 18.1 Å². The van der Waals surface area contributed by atoms with Gasteiger partial charge in [0.05, 0.1) is 5.56 Å². The number of rotatable bonds is 4. The Morgan fingerprint density at radius 2 is 1.81 bits per heavy atom. The minimum Gasteiger partial charge on any atom is -0.328 e. The minimum absolute atomic E-state index is 0.203. The van der Waals surface area contributed by atoms with E-state index in [0.29, 0.717) is 4.90 Å². The molecule has 21 heavy (non-hydrogen) atoms. The molecule has 0 aliphatic rings. The van der Waals surface area contributed by atoms with E-state index >= 15 is 0 Å². The molecule has 0 fully saturated rings. The van der Waals surface area contributed by atoms with Crippen molar-refractivity contribution >= 4 is 11.8 Å². The maximum Gasteiger partial charge on any atom is 0.416 e. The largest absolute Gasteiger partial charge is 0.416 e. The molecule has 0 amide bonds. The summed E-state index contributed by atoms with van der Waals surface area (Å²) in [5.41, 5.74) is 5.24. The van der Waals surface area contributed by atoms with Gasteiger partial charge in [-0.05, 0) is 43.2 Å². The Hall–Kier alpha value is -1.53. The number of hydrogen-bond acceptors (Lipinski definition) is 3. The van der Waals surface area contributed by atoms with Gasteiger partial charge in [0.25, 0.3) is 0 Å². The highest BCUT2D eigenvalue weighted by Gasteiger charge is 2.33. The molecule has 1 aromatic heterocycles. The van der Waals surface area contributed by atoms with Crippen molar-refractivity contribution in [2.75, 3.05) is 0 Å². The quantitative estimate of drug-likeness (QED) is 0.922. The van der Waals surface area contributed by atoms with Gasteiger partial charge in [0.1, 0.15) is 0 Å². The molecule has 1 atom stereocenters. The third-order valence-corrected chi connectivity index (χ3v) is 3.81. The molecule has 1 heterocycles. The molecule has 0 radical (unpaired) electrons. The Bertz CT molecular complexity index is 598. The number of benzene rings is 1. The van der Waals surface area contributed by atoms with E-state index in [1.807, 2.05) is 0 Å². The fourth-order valence-electron chi connectivity index (χ4n) is 1.95. The number of hydrogen-bond donors (Lipinski definition) is 1. The molecule has 0 aliphatic carbocycles. The molecule has 2 N–H and O–H groups in total. The first-order valence-corrected chi connectivity index (χ1v) is 7.21. The highest BCUT2D eigenvalue weighted by Crippen LogP contribution is 2.36. The van der Waals surface area contributed by atoms with Gasteiger partial charge < -0.3 is 5.73 Å². The van der Waals surface area contributed by atoms with Crippen LogP contribution < -0.4 is 5.73 Å². The van der Waals surface area contributed by atoms with Crippen LogP contribution in [-0.2, 0) is 12.6 Å². The summed E-state index contributed by atoms with van der Waals surface area (Å²) >= 11 is 1.27. The Balaban J connectivity index is 2.33. The van der Waals surface area contributed by atoms with Crippen molar-refractivity contribution in [3.8, 4) is 0 Å². The molecule has 0 spiro atoms. The molecule has 0 saturated carbocycles. The lowest BCUT2D eigenvalue weighted by Crippen LogP contribution is -2.20. The van der Waals surface area contributed by atoms with Crippen molar-refractivity contribution in [3.05, 3.63) is 53.9 Å². The molecule has 2 aromatic rings. The SMILES string of the molecule is CC(N)Cc1ccc(Sc2ccncc2)cc1C(F)(F)F. The highest BCUT2D eigenvalue weighted by molar-refractivity contribution is 7.99. The lowest BCUT2D eigenvalue weighted by atomic mass is 10.0. The van der Waals surface area contributed by atoms with Gasteiger partial charge in [-0.3, -0.25) is 4.98 Å². The first-order chi connectivity index (χ1) is 9.86. The van der Waals surface area contributed by atoms with Gasteiger partial charge in [-0.2, -0.15) is 13.2 Å². The Morgan fingerprint density at radius 1 is 1.14 bits per heavy atom. The summed E-state index contributed by atoms with van der Waals surface area (Å²) in [6, 6.07) is 7.59. The van der Waals surface area contributed by atoms with Crippen LogP contribution in [0.3, 0.4) is 0 Å². The van der Waals surface area contributed by atoms with Crippen LogP contribution in [0.15, 0.2) is 52.5 Å². The third-order valence-electron chi connectivity index (χ3n) is 2.81. The molecule has 1 aromatic carbocycles. The maximum absolute atomic E-state index is 13.2. The van der Waals surface area contributed by atoms with Crippen molar-refractivity contribution in [2.24, 2.45) is 5.73 Å². The molecule has 2 rings (SSSR count). The normalized spacial score (nSPS) is 13.2. The molecule has 0 aliphatic heterocycles. The Labute approximate surface area is 125 Å². The maximum atomic E-state index is 13.2. The van der Waals surface area contributed by atoms with Crippen LogP contribution in [-0.4, -0.2) is 11.0 Å². The second-order valence-electron chi connectivity index (χ2n) is 4.78. The number of aromatic nitrogens is 1.